The molecule has 0 bridgehead atoms. The highest BCUT2D eigenvalue weighted by atomic mass is 17.2. The van der Waals surface area contributed by atoms with Crippen molar-refractivity contribution in [3.05, 3.63) is 42.0 Å². The molecule has 0 aliphatic rings. The minimum atomic E-state index is 0.424. The molecule has 13 heavy (non-hydrogen) atoms. The maximum Gasteiger partial charge on any atom is 0.165 e. The lowest BCUT2D eigenvalue weighted by molar-refractivity contribution is -0.197. The molecule has 0 heterocycles. The standard InChI is InChI=1S/C11H14O2/c1-9(2)8-12-13-11-6-4-10(3)5-7-11/h4-7H,1,8H2,2-3H3. The summed E-state index contributed by atoms with van der Waals surface area (Å²) in [7, 11) is 0. The van der Waals surface area contributed by atoms with E-state index in [0.29, 0.717) is 12.4 Å². The van der Waals surface area contributed by atoms with E-state index in [0.717, 1.165) is 5.57 Å². The highest BCUT2D eigenvalue weighted by Gasteiger charge is 1.93. The Balaban J connectivity index is 2.37. The first kappa shape index (κ1) is 9.81. The molecule has 0 spiro atoms. The minimum absolute atomic E-state index is 0.424. The van der Waals surface area contributed by atoms with Gasteiger partial charge >= 0.3 is 0 Å². The molecule has 0 radical (unpaired) electrons. The molecule has 70 valence electrons. The second-order valence-corrected chi connectivity index (χ2v) is 3.12. The van der Waals surface area contributed by atoms with Crippen LogP contribution in [0.25, 0.3) is 0 Å². The molecule has 0 fully saturated rings. The molecule has 2 nitrogen and oxygen atoms in total. The Bertz CT molecular complexity index is 275. The summed E-state index contributed by atoms with van der Waals surface area (Å²) in [6.45, 7) is 8.03. The molecule has 2 heteroatoms. The van der Waals surface area contributed by atoms with Gasteiger partial charge in [0.1, 0.15) is 6.61 Å². The lowest BCUT2D eigenvalue weighted by Crippen LogP contribution is -1.99. The van der Waals surface area contributed by atoms with Crippen molar-refractivity contribution < 1.29 is 9.78 Å². The van der Waals surface area contributed by atoms with Gasteiger partial charge in [0, 0.05) is 0 Å². The Labute approximate surface area is 78.7 Å². The van der Waals surface area contributed by atoms with E-state index in [1.54, 1.807) is 0 Å². The van der Waals surface area contributed by atoms with Crippen LogP contribution in [0.4, 0.5) is 0 Å². The molecule has 0 atom stereocenters. The monoisotopic (exact) mass is 178 g/mol. The summed E-state index contributed by atoms with van der Waals surface area (Å²) >= 11 is 0. The van der Waals surface area contributed by atoms with Crippen molar-refractivity contribution in [1.29, 1.82) is 0 Å². The molecular formula is C11H14O2. The van der Waals surface area contributed by atoms with Gasteiger partial charge in [-0.3, -0.25) is 0 Å². The van der Waals surface area contributed by atoms with Crippen molar-refractivity contribution in [2.75, 3.05) is 6.61 Å². The average molecular weight is 178 g/mol. The zero-order chi connectivity index (χ0) is 9.68. The highest BCUT2D eigenvalue weighted by Crippen LogP contribution is 2.11. The first-order valence-electron chi connectivity index (χ1n) is 4.19. The second-order valence-electron chi connectivity index (χ2n) is 3.12. The van der Waals surface area contributed by atoms with Gasteiger partial charge in [-0.1, -0.05) is 29.8 Å². The van der Waals surface area contributed by atoms with E-state index in [1.165, 1.54) is 5.56 Å². The van der Waals surface area contributed by atoms with Gasteiger partial charge < -0.3 is 4.89 Å². The van der Waals surface area contributed by atoms with Crippen molar-refractivity contribution in [2.24, 2.45) is 0 Å². The van der Waals surface area contributed by atoms with E-state index in [1.807, 2.05) is 38.1 Å². The number of rotatable bonds is 4. The maximum atomic E-state index is 5.01. The highest BCUT2D eigenvalue weighted by molar-refractivity contribution is 5.25. The molecule has 0 unspecified atom stereocenters. The van der Waals surface area contributed by atoms with E-state index < -0.39 is 0 Å². The minimum Gasteiger partial charge on any atom is -0.337 e. The Morgan fingerprint density at radius 2 is 1.92 bits per heavy atom. The predicted molar refractivity (Wildman–Crippen MR) is 52.6 cm³/mol. The zero-order valence-corrected chi connectivity index (χ0v) is 8.04. The van der Waals surface area contributed by atoms with Crippen molar-refractivity contribution in [2.45, 2.75) is 13.8 Å². The first-order valence-corrected chi connectivity index (χ1v) is 4.19. The van der Waals surface area contributed by atoms with Crippen LogP contribution in [0.2, 0.25) is 0 Å². The summed E-state index contributed by atoms with van der Waals surface area (Å²) < 4.78 is 0. The van der Waals surface area contributed by atoms with E-state index in [9.17, 15) is 0 Å². The van der Waals surface area contributed by atoms with Crippen molar-refractivity contribution in [3.63, 3.8) is 0 Å². The van der Waals surface area contributed by atoms with Gasteiger partial charge in [-0.15, -0.1) is 0 Å². The Morgan fingerprint density at radius 3 is 2.46 bits per heavy atom. The van der Waals surface area contributed by atoms with Gasteiger partial charge in [0.2, 0.25) is 0 Å². The molecule has 0 saturated heterocycles. The predicted octanol–water partition coefficient (Wildman–Crippen LogP) is 2.88. The van der Waals surface area contributed by atoms with Gasteiger partial charge in [0.05, 0.1) is 0 Å². The molecule has 1 aromatic carbocycles. The fourth-order valence-corrected chi connectivity index (χ4v) is 0.792. The quantitative estimate of drug-likeness (QED) is 0.401. The van der Waals surface area contributed by atoms with Crippen LogP contribution in [0.3, 0.4) is 0 Å². The van der Waals surface area contributed by atoms with Crippen molar-refractivity contribution >= 4 is 0 Å². The van der Waals surface area contributed by atoms with Gasteiger partial charge in [-0.05, 0) is 26.0 Å². The van der Waals surface area contributed by atoms with Crippen molar-refractivity contribution in [1.82, 2.24) is 0 Å². The average Bonchev–Trinajstić information content (AvgIpc) is 2.08. The van der Waals surface area contributed by atoms with Crippen LogP contribution in [0.5, 0.6) is 5.75 Å². The van der Waals surface area contributed by atoms with Gasteiger partial charge in [0.25, 0.3) is 0 Å². The fraction of sp³-hybridized carbons (Fsp3) is 0.273. The van der Waals surface area contributed by atoms with Crippen molar-refractivity contribution in [3.8, 4) is 5.75 Å². The lowest BCUT2D eigenvalue weighted by Gasteiger charge is -2.04. The van der Waals surface area contributed by atoms with Crippen LogP contribution in [0.1, 0.15) is 12.5 Å². The third-order valence-electron chi connectivity index (χ3n) is 1.48. The summed E-state index contributed by atoms with van der Waals surface area (Å²) in [6, 6.07) is 7.68. The van der Waals surface area contributed by atoms with Crippen LogP contribution in [0, 0.1) is 6.92 Å². The SMILES string of the molecule is C=C(C)COOc1ccc(C)cc1. The van der Waals surface area contributed by atoms with E-state index in [4.69, 9.17) is 9.78 Å². The normalized spacial score (nSPS) is 9.69. The van der Waals surface area contributed by atoms with Crippen LogP contribution < -0.4 is 4.89 Å². The summed E-state index contributed by atoms with van der Waals surface area (Å²) in [5, 5.41) is 0. The number of aryl methyl sites for hydroxylation is 1. The number of hydrogen-bond donors (Lipinski definition) is 0. The van der Waals surface area contributed by atoms with Crippen LogP contribution >= 0.6 is 0 Å². The number of hydrogen-bond acceptors (Lipinski definition) is 2. The van der Waals surface area contributed by atoms with E-state index >= 15 is 0 Å². The molecule has 0 aliphatic carbocycles. The summed E-state index contributed by atoms with van der Waals surface area (Å²) in [5.41, 5.74) is 2.14. The van der Waals surface area contributed by atoms with Gasteiger partial charge in [-0.25, -0.2) is 0 Å². The Morgan fingerprint density at radius 1 is 1.31 bits per heavy atom. The fourth-order valence-electron chi connectivity index (χ4n) is 0.792. The first-order chi connectivity index (χ1) is 6.18. The molecule has 0 aliphatic heterocycles. The molecule has 0 amide bonds. The topological polar surface area (TPSA) is 18.5 Å². The number of benzene rings is 1. The Kier molecular flexibility index (Phi) is 3.53. The van der Waals surface area contributed by atoms with Crippen LogP contribution in [-0.4, -0.2) is 6.61 Å². The Hall–Kier alpha value is -1.28. The van der Waals surface area contributed by atoms with E-state index in [-0.39, 0.29) is 0 Å². The summed E-state index contributed by atoms with van der Waals surface area (Å²) in [4.78, 5) is 9.93. The van der Waals surface area contributed by atoms with Crippen LogP contribution in [-0.2, 0) is 4.89 Å². The van der Waals surface area contributed by atoms with Gasteiger partial charge in [0.15, 0.2) is 5.75 Å². The molecule has 0 aromatic heterocycles. The molecule has 0 N–H and O–H groups in total. The molecular weight excluding hydrogens is 164 g/mol. The maximum absolute atomic E-state index is 5.01. The summed E-state index contributed by atoms with van der Waals surface area (Å²) in [5.74, 6) is 0.715. The smallest absolute Gasteiger partial charge is 0.165 e. The van der Waals surface area contributed by atoms with E-state index in [2.05, 4.69) is 6.58 Å². The lowest BCUT2D eigenvalue weighted by atomic mass is 10.2. The van der Waals surface area contributed by atoms with Crippen LogP contribution in [0.15, 0.2) is 36.4 Å². The second kappa shape index (κ2) is 4.67. The third kappa shape index (κ3) is 3.76. The largest absolute Gasteiger partial charge is 0.337 e. The van der Waals surface area contributed by atoms with Gasteiger partial charge in [-0.2, -0.15) is 4.89 Å². The zero-order valence-electron chi connectivity index (χ0n) is 8.04. The summed E-state index contributed by atoms with van der Waals surface area (Å²) in [6.07, 6.45) is 0. The molecule has 0 saturated carbocycles. The molecule has 1 aromatic rings. The third-order valence-corrected chi connectivity index (χ3v) is 1.48. The molecule has 1 rings (SSSR count).